The van der Waals surface area contributed by atoms with Crippen LogP contribution in [-0.4, -0.2) is 47.9 Å². The number of carboxylic acids is 1. The Morgan fingerprint density at radius 1 is 1.43 bits per heavy atom. The average Bonchev–Trinajstić information content (AvgIpc) is 2.95. The third-order valence-electron chi connectivity index (χ3n) is 4.38. The summed E-state index contributed by atoms with van der Waals surface area (Å²) in [5.41, 5.74) is 1.78. The van der Waals surface area contributed by atoms with Crippen LogP contribution in [0, 0.1) is 0 Å². The minimum absolute atomic E-state index is 0.116. The van der Waals surface area contributed by atoms with Crippen LogP contribution in [0.4, 0.5) is 0 Å². The van der Waals surface area contributed by atoms with Crippen molar-refractivity contribution in [2.24, 2.45) is 0 Å². The molecule has 1 aromatic carbocycles. The highest BCUT2D eigenvalue weighted by atomic mass is 16.5. The largest absolute Gasteiger partial charge is 0.493 e. The van der Waals surface area contributed by atoms with Gasteiger partial charge in [-0.1, -0.05) is 5.16 Å². The molecule has 2 aromatic rings. The number of aliphatic carboxylic acids is 1. The molecule has 1 saturated heterocycles. The third kappa shape index (κ3) is 3.82. The first-order valence-electron chi connectivity index (χ1n) is 8.06. The van der Waals surface area contributed by atoms with E-state index in [0.29, 0.717) is 24.7 Å². The Labute approximate surface area is 135 Å². The molecule has 3 rings (SSSR count). The number of nitrogens with zero attached hydrogens (tertiary/aromatic N) is 2. The molecule has 1 aliphatic heterocycles. The van der Waals surface area contributed by atoms with Gasteiger partial charge in [0.25, 0.3) is 0 Å². The Bertz CT molecular complexity index is 674. The van der Waals surface area contributed by atoms with Gasteiger partial charge >= 0.3 is 5.97 Å². The van der Waals surface area contributed by atoms with Crippen LogP contribution < -0.4 is 4.74 Å². The van der Waals surface area contributed by atoms with Crippen molar-refractivity contribution in [2.75, 3.05) is 26.7 Å². The second kappa shape index (κ2) is 7.00. The summed E-state index contributed by atoms with van der Waals surface area (Å²) in [5.74, 6) is 0.339. The molecule has 0 radical (unpaired) electrons. The normalized spacial score (nSPS) is 16.7. The zero-order valence-electron chi connectivity index (χ0n) is 13.3. The second-order valence-electron chi connectivity index (χ2n) is 6.15. The topological polar surface area (TPSA) is 75.8 Å². The molecule has 1 fully saturated rings. The number of fused-ring (bicyclic) bond motifs is 1. The zero-order valence-corrected chi connectivity index (χ0v) is 13.3. The maximum Gasteiger partial charge on any atom is 0.303 e. The van der Waals surface area contributed by atoms with Gasteiger partial charge in [-0.3, -0.25) is 4.79 Å². The number of likely N-dealkylation sites (tertiary alicyclic amines) is 1. The Hall–Kier alpha value is -2.08. The van der Waals surface area contributed by atoms with Crippen molar-refractivity contribution in [3.8, 4) is 5.75 Å². The lowest BCUT2D eigenvalue weighted by Crippen LogP contribution is -2.29. The van der Waals surface area contributed by atoms with Gasteiger partial charge < -0.3 is 19.3 Å². The number of benzene rings is 1. The maximum atomic E-state index is 10.5. The van der Waals surface area contributed by atoms with E-state index in [2.05, 4.69) is 17.1 Å². The van der Waals surface area contributed by atoms with E-state index in [4.69, 9.17) is 14.4 Å². The number of piperidine rings is 1. The van der Waals surface area contributed by atoms with Gasteiger partial charge in [0.2, 0.25) is 0 Å². The molecule has 6 nitrogen and oxygen atoms in total. The molecule has 0 spiro atoms. The molecule has 1 aromatic heterocycles. The van der Waals surface area contributed by atoms with Crippen molar-refractivity contribution in [2.45, 2.75) is 31.6 Å². The van der Waals surface area contributed by atoms with Crippen molar-refractivity contribution >= 4 is 16.9 Å². The van der Waals surface area contributed by atoms with E-state index in [1.54, 1.807) is 0 Å². The molecular formula is C17H22N2O4. The minimum atomic E-state index is -0.804. The molecule has 1 aliphatic rings. The van der Waals surface area contributed by atoms with Crippen molar-refractivity contribution in [3.05, 3.63) is 23.9 Å². The van der Waals surface area contributed by atoms with Gasteiger partial charge in [0.05, 0.1) is 12.3 Å². The van der Waals surface area contributed by atoms with Gasteiger partial charge in [0, 0.05) is 23.8 Å². The fourth-order valence-corrected chi connectivity index (χ4v) is 3.02. The quantitative estimate of drug-likeness (QED) is 0.825. The van der Waals surface area contributed by atoms with E-state index in [0.717, 1.165) is 42.6 Å². The number of ether oxygens (including phenoxy) is 1. The molecule has 124 valence electrons. The van der Waals surface area contributed by atoms with E-state index in [-0.39, 0.29) is 6.42 Å². The van der Waals surface area contributed by atoms with Crippen molar-refractivity contribution in [3.63, 3.8) is 0 Å². The molecule has 0 atom stereocenters. The van der Waals surface area contributed by atoms with E-state index >= 15 is 0 Å². The van der Waals surface area contributed by atoms with Gasteiger partial charge in [-0.25, -0.2) is 0 Å². The zero-order chi connectivity index (χ0) is 16.2. The highest BCUT2D eigenvalue weighted by Gasteiger charge is 2.23. The van der Waals surface area contributed by atoms with Gasteiger partial charge in [-0.2, -0.15) is 0 Å². The fraction of sp³-hybridized carbons (Fsp3) is 0.529. The molecule has 0 bridgehead atoms. The van der Waals surface area contributed by atoms with E-state index < -0.39 is 5.97 Å². The van der Waals surface area contributed by atoms with Crippen LogP contribution in [0.2, 0.25) is 0 Å². The Morgan fingerprint density at radius 2 is 2.22 bits per heavy atom. The van der Waals surface area contributed by atoms with E-state index in [9.17, 15) is 4.79 Å². The predicted molar refractivity (Wildman–Crippen MR) is 85.8 cm³/mol. The molecule has 0 saturated carbocycles. The summed E-state index contributed by atoms with van der Waals surface area (Å²) in [4.78, 5) is 12.8. The summed E-state index contributed by atoms with van der Waals surface area (Å²) < 4.78 is 11.1. The summed E-state index contributed by atoms with van der Waals surface area (Å²) in [5, 5.41) is 13.9. The van der Waals surface area contributed by atoms with Gasteiger partial charge in [-0.05, 0) is 51.5 Å². The molecule has 0 aliphatic carbocycles. The molecule has 2 heterocycles. The third-order valence-corrected chi connectivity index (χ3v) is 4.38. The fourth-order valence-electron chi connectivity index (χ4n) is 3.02. The molecule has 23 heavy (non-hydrogen) atoms. The number of carboxylic acid groups (broad SMARTS) is 1. The Balaban J connectivity index is 1.66. The summed E-state index contributed by atoms with van der Waals surface area (Å²) in [6.07, 6.45) is 2.81. The maximum absolute atomic E-state index is 10.5. The summed E-state index contributed by atoms with van der Waals surface area (Å²) in [7, 11) is 2.14. The van der Waals surface area contributed by atoms with Crippen LogP contribution in [0.15, 0.2) is 22.7 Å². The lowest BCUT2D eigenvalue weighted by atomic mass is 9.92. The highest BCUT2D eigenvalue weighted by molar-refractivity contribution is 5.81. The lowest BCUT2D eigenvalue weighted by molar-refractivity contribution is -0.137. The number of carbonyl (C=O) groups is 1. The number of hydrogen-bond donors (Lipinski definition) is 1. The number of rotatable bonds is 6. The standard InChI is InChI=1S/C17H22N2O4/c1-19-8-6-12(7-9-19)17-14-5-4-13(11-15(14)23-18-17)22-10-2-3-16(20)21/h4-5,11-12H,2-3,6-10H2,1H3,(H,20,21). The average molecular weight is 318 g/mol. The first-order chi connectivity index (χ1) is 11.1. The lowest BCUT2D eigenvalue weighted by Gasteiger charge is -2.27. The van der Waals surface area contributed by atoms with Crippen LogP contribution in [0.5, 0.6) is 5.75 Å². The smallest absolute Gasteiger partial charge is 0.303 e. The molecule has 6 heteroatoms. The van der Waals surface area contributed by atoms with Crippen LogP contribution in [-0.2, 0) is 4.79 Å². The summed E-state index contributed by atoms with van der Waals surface area (Å²) in [6, 6.07) is 5.73. The van der Waals surface area contributed by atoms with Crippen molar-refractivity contribution in [1.29, 1.82) is 0 Å². The number of hydrogen-bond acceptors (Lipinski definition) is 5. The molecular weight excluding hydrogens is 296 g/mol. The van der Waals surface area contributed by atoms with Crippen LogP contribution >= 0.6 is 0 Å². The van der Waals surface area contributed by atoms with Gasteiger partial charge in [-0.15, -0.1) is 0 Å². The van der Waals surface area contributed by atoms with Crippen LogP contribution in [0.25, 0.3) is 11.0 Å². The Kier molecular flexibility index (Phi) is 4.81. The van der Waals surface area contributed by atoms with Crippen molar-refractivity contribution < 1.29 is 19.2 Å². The van der Waals surface area contributed by atoms with Gasteiger partial charge in [0.1, 0.15) is 5.75 Å². The Morgan fingerprint density at radius 3 is 2.96 bits per heavy atom. The van der Waals surface area contributed by atoms with Crippen LogP contribution in [0.1, 0.15) is 37.3 Å². The van der Waals surface area contributed by atoms with E-state index in [1.165, 1.54) is 0 Å². The first-order valence-corrected chi connectivity index (χ1v) is 8.06. The minimum Gasteiger partial charge on any atom is -0.493 e. The highest BCUT2D eigenvalue weighted by Crippen LogP contribution is 2.33. The molecule has 1 N–H and O–H groups in total. The summed E-state index contributed by atoms with van der Waals surface area (Å²) in [6.45, 7) is 2.56. The predicted octanol–water partition coefficient (Wildman–Crippen LogP) is 2.88. The molecule has 0 unspecified atom stereocenters. The number of aromatic nitrogens is 1. The van der Waals surface area contributed by atoms with Crippen molar-refractivity contribution in [1.82, 2.24) is 10.1 Å². The van der Waals surface area contributed by atoms with Crippen LogP contribution in [0.3, 0.4) is 0 Å². The first kappa shape index (κ1) is 15.8. The molecule has 0 amide bonds. The van der Waals surface area contributed by atoms with Gasteiger partial charge in [0.15, 0.2) is 5.58 Å². The summed E-state index contributed by atoms with van der Waals surface area (Å²) >= 11 is 0. The van der Waals surface area contributed by atoms with E-state index in [1.807, 2.05) is 18.2 Å². The monoisotopic (exact) mass is 318 g/mol. The second-order valence-corrected chi connectivity index (χ2v) is 6.15. The SMILES string of the molecule is CN1CCC(c2noc3cc(OCCCC(=O)O)ccc23)CC1.